The summed E-state index contributed by atoms with van der Waals surface area (Å²) in [6.07, 6.45) is 1.35. The van der Waals surface area contributed by atoms with Crippen LogP contribution in [0.2, 0.25) is 0 Å². The molecule has 3 aromatic rings. The highest BCUT2D eigenvalue weighted by atomic mass is 16.3. The van der Waals surface area contributed by atoms with Crippen LogP contribution in [0.5, 0.6) is 0 Å². The van der Waals surface area contributed by atoms with Gasteiger partial charge in [-0.25, -0.2) is 9.78 Å². The van der Waals surface area contributed by atoms with Gasteiger partial charge < -0.3 is 21.1 Å². The van der Waals surface area contributed by atoms with E-state index in [0.29, 0.717) is 6.42 Å². The molecule has 3 rings (SSSR count). The number of carbonyl (C=O) groups excluding carboxylic acids is 2. The van der Waals surface area contributed by atoms with E-state index in [1.807, 2.05) is 54.6 Å². The molecule has 154 valence electrons. The SMILES string of the molecule is NC(=O)C(O)CC(Cc1ccc(-c2ccccc2)cc1)NC(=O)c1cnc(=O)[nH]c1. The smallest absolute Gasteiger partial charge is 0.344 e. The van der Waals surface area contributed by atoms with Crippen molar-refractivity contribution >= 4 is 11.8 Å². The lowest BCUT2D eigenvalue weighted by atomic mass is 9.97. The van der Waals surface area contributed by atoms with Gasteiger partial charge in [-0.1, -0.05) is 54.6 Å². The molecule has 1 heterocycles. The van der Waals surface area contributed by atoms with E-state index in [4.69, 9.17) is 5.73 Å². The fourth-order valence-electron chi connectivity index (χ4n) is 3.06. The van der Waals surface area contributed by atoms with Crippen LogP contribution in [0.3, 0.4) is 0 Å². The Morgan fingerprint density at radius 3 is 2.33 bits per heavy atom. The van der Waals surface area contributed by atoms with Gasteiger partial charge in [-0.3, -0.25) is 9.59 Å². The lowest BCUT2D eigenvalue weighted by molar-refractivity contribution is -0.126. The third kappa shape index (κ3) is 5.62. The average Bonchev–Trinajstić information content (AvgIpc) is 2.75. The van der Waals surface area contributed by atoms with Crippen LogP contribution >= 0.6 is 0 Å². The number of amides is 2. The average molecular weight is 406 g/mol. The number of aromatic amines is 1. The summed E-state index contributed by atoms with van der Waals surface area (Å²) in [7, 11) is 0. The number of nitrogens with one attached hydrogen (secondary N) is 2. The minimum absolute atomic E-state index is 0.0434. The second-order valence-corrected chi connectivity index (χ2v) is 6.90. The largest absolute Gasteiger partial charge is 0.383 e. The Kier molecular flexibility index (Phi) is 6.71. The molecule has 0 aliphatic carbocycles. The predicted molar refractivity (Wildman–Crippen MR) is 112 cm³/mol. The van der Waals surface area contributed by atoms with Gasteiger partial charge in [0.15, 0.2) is 0 Å². The summed E-state index contributed by atoms with van der Waals surface area (Å²) in [5.41, 5.74) is 7.82. The maximum atomic E-state index is 12.5. The Balaban J connectivity index is 1.74. The number of carbonyl (C=O) groups is 2. The van der Waals surface area contributed by atoms with E-state index >= 15 is 0 Å². The van der Waals surface area contributed by atoms with Gasteiger partial charge in [0.25, 0.3) is 5.91 Å². The molecular formula is C22H22N4O4. The molecule has 8 heteroatoms. The van der Waals surface area contributed by atoms with Gasteiger partial charge in [0.2, 0.25) is 5.91 Å². The number of benzene rings is 2. The van der Waals surface area contributed by atoms with Crippen molar-refractivity contribution in [1.82, 2.24) is 15.3 Å². The van der Waals surface area contributed by atoms with Gasteiger partial charge in [-0.15, -0.1) is 0 Å². The van der Waals surface area contributed by atoms with Crippen LogP contribution in [-0.2, 0) is 11.2 Å². The zero-order valence-corrected chi connectivity index (χ0v) is 16.1. The molecule has 0 saturated heterocycles. The van der Waals surface area contributed by atoms with Crippen molar-refractivity contribution < 1.29 is 14.7 Å². The number of rotatable bonds is 8. The van der Waals surface area contributed by atoms with E-state index in [2.05, 4.69) is 15.3 Å². The Bertz CT molecular complexity index is 1040. The highest BCUT2D eigenvalue weighted by Gasteiger charge is 2.21. The Hall–Kier alpha value is -3.78. The van der Waals surface area contributed by atoms with Crippen LogP contribution in [0.4, 0.5) is 0 Å². The van der Waals surface area contributed by atoms with Gasteiger partial charge in [0.1, 0.15) is 6.10 Å². The summed E-state index contributed by atoms with van der Waals surface area (Å²) in [6.45, 7) is 0. The minimum Gasteiger partial charge on any atom is -0.383 e. The number of hydrogen-bond acceptors (Lipinski definition) is 5. The molecular weight excluding hydrogens is 384 g/mol. The summed E-state index contributed by atoms with van der Waals surface area (Å²) < 4.78 is 0. The van der Waals surface area contributed by atoms with Crippen molar-refractivity contribution in [3.63, 3.8) is 0 Å². The van der Waals surface area contributed by atoms with Crippen molar-refractivity contribution in [1.29, 1.82) is 0 Å². The number of primary amides is 1. The molecule has 0 saturated carbocycles. The molecule has 0 aliphatic heterocycles. The van der Waals surface area contributed by atoms with Crippen LogP contribution in [0.1, 0.15) is 22.3 Å². The zero-order valence-electron chi connectivity index (χ0n) is 16.1. The highest BCUT2D eigenvalue weighted by Crippen LogP contribution is 2.20. The number of hydrogen-bond donors (Lipinski definition) is 4. The maximum absolute atomic E-state index is 12.5. The topological polar surface area (TPSA) is 138 Å². The first-order chi connectivity index (χ1) is 14.4. The molecule has 1 aromatic heterocycles. The van der Waals surface area contributed by atoms with E-state index in [1.54, 1.807) is 0 Å². The van der Waals surface area contributed by atoms with Gasteiger partial charge in [0.05, 0.1) is 5.56 Å². The third-order valence-corrected chi connectivity index (χ3v) is 4.65. The Morgan fingerprint density at radius 2 is 1.73 bits per heavy atom. The third-order valence-electron chi connectivity index (χ3n) is 4.65. The molecule has 2 amide bonds. The highest BCUT2D eigenvalue weighted by molar-refractivity contribution is 5.93. The molecule has 30 heavy (non-hydrogen) atoms. The van der Waals surface area contributed by atoms with Crippen LogP contribution in [0, 0.1) is 0 Å². The molecule has 0 bridgehead atoms. The van der Waals surface area contributed by atoms with Gasteiger partial charge in [0, 0.05) is 24.9 Å². The van der Waals surface area contributed by atoms with Gasteiger partial charge >= 0.3 is 5.69 Å². The normalized spacial score (nSPS) is 12.7. The van der Waals surface area contributed by atoms with Gasteiger partial charge in [-0.2, -0.15) is 0 Å². The summed E-state index contributed by atoms with van der Waals surface area (Å²) in [4.78, 5) is 40.7. The van der Waals surface area contributed by atoms with Crippen LogP contribution in [0.25, 0.3) is 11.1 Å². The summed E-state index contributed by atoms with van der Waals surface area (Å²) in [5.74, 6) is -1.35. The van der Waals surface area contributed by atoms with Crippen LogP contribution in [-0.4, -0.2) is 39.0 Å². The lowest BCUT2D eigenvalue weighted by Crippen LogP contribution is -2.42. The van der Waals surface area contributed by atoms with E-state index < -0.39 is 29.6 Å². The Labute approximate surface area is 172 Å². The van der Waals surface area contributed by atoms with Crippen LogP contribution < -0.4 is 16.7 Å². The fourth-order valence-corrected chi connectivity index (χ4v) is 3.06. The lowest BCUT2D eigenvalue weighted by Gasteiger charge is -2.21. The second-order valence-electron chi connectivity index (χ2n) is 6.90. The predicted octanol–water partition coefficient (Wildman–Crippen LogP) is 1.01. The van der Waals surface area contributed by atoms with E-state index in [9.17, 15) is 19.5 Å². The molecule has 2 aromatic carbocycles. The molecule has 8 nitrogen and oxygen atoms in total. The van der Waals surface area contributed by atoms with Crippen molar-refractivity contribution in [2.45, 2.75) is 25.0 Å². The molecule has 0 radical (unpaired) electrons. The minimum atomic E-state index is -1.40. The molecule has 2 atom stereocenters. The first-order valence-corrected chi connectivity index (χ1v) is 9.39. The van der Waals surface area contributed by atoms with Crippen molar-refractivity contribution in [2.75, 3.05) is 0 Å². The number of nitrogens with two attached hydrogens (primary N) is 1. The number of nitrogens with zero attached hydrogens (tertiary/aromatic N) is 1. The van der Waals surface area contributed by atoms with Crippen LogP contribution in [0.15, 0.2) is 71.8 Å². The number of H-pyrrole nitrogens is 1. The summed E-state index contributed by atoms with van der Waals surface area (Å²) >= 11 is 0. The van der Waals surface area contributed by atoms with Gasteiger partial charge in [-0.05, 0) is 23.1 Å². The number of aliphatic hydroxyl groups is 1. The molecule has 2 unspecified atom stereocenters. The number of aromatic nitrogens is 2. The first-order valence-electron chi connectivity index (χ1n) is 9.39. The molecule has 0 fully saturated rings. The Morgan fingerprint density at radius 1 is 1.07 bits per heavy atom. The molecule has 0 spiro atoms. The van der Waals surface area contributed by atoms with E-state index in [0.717, 1.165) is 22.9 Å². The standard InChI is InChI=1S/C22H22N4O4/c23-20(28)19(27)11-18(26-21(29)17-12-24-22(30)25-13-17)10-14-6-8-16(9-7-14)15-4-2-1-3-5-15/h1-9,12-13,18-19,27H,10-11H2,(H2,23,28)(H,26,29)(H,24,25,30). The van der Waals surface area contributed by atoms with Crippen molar-refractivity contribution in [3.8, 4) is 11.1 Å². The monoisotopic (exact) mass is 406 g/mol. The van der Waals surface area contributed by atoms with Crippen molar-refractivity contribution in [3.05, 3.63) is 88.6 Å². The zero-order chi connectivity index (χ0) is 21.5. The second kappa shape index (κ2) is 9.62. The fraction of sp³-hybridized carbons (Fsp3) is 0.182. The maximum Gasteiger partial charge on any atom is 0.344 e. The molecule has 5 N–H and O–H groups in total. The van der Waals surface area contributed by atoms with Crippen molar-refractivity contribution in [2.24, 2.45) is 5.73 Å². The number of aliphatic hydroxyl groups excluding tert-OH is 1. The first kappa shape index (κ1) is 20.9. The summed E-state index contributed by atoms with van der Waals surface area (Å²) in [6, 6.07) is 17.2. The van der Waals surface area contributed by atoms with E-state index in [-0.39, 0.29) is 12.0 Å². The van der Waals surface area contributed by atoms with E-state index in [1.165, 1.54) is 6.20 Å². The quantitative estimate of drug-likeness (QED) is 0.442. The molecule has 0 aliphatic rings. The summed E-state index contributed by atoms with van der Waals surface area (Å²) in [5, 5.41) is 12.7.